The van der Waals surface area contributed by atoms with Gasteiger partial charge in [0.2, 0.25) is 0 Å². The van der Waals surface area contributed by atoms with Crippen LogP contribution in [-0.2, 0) is 10.8 Å². The monoisotopic (exact) mass is 802 g/mol. The van der Waals surface area contributed by atoms with Crippen LogP contribution in [0.25, 0.3) is 33.4 Å². The highest BCUT2D eigenvalue weighted by Crippen LogP contribution is 2.58. The molecule has 0 atom stereocenters. The predicted molar refractivity (Wildman–Crippen MR) is 261 cm³/mol. The van der Waals surface area contributed by atoms with E-state index in [2.05, 4.69) is 235 Å². The van der Waals surface area contributed by atoms with Crippen LogP contribution in [-0.4, -0.2) is 0 Å². The zero-order valence-electron chi connectivity index (χ0n) is 35.7. The van der Waals surface area contributed by atoms with Gasteiger partial charge in [0.25, 0.3) is 0 Å². The Labute approximate surface area is 371 Å². The quantitative estimate of drug-likeness (QED) is 0.148. The lowest BCUT2D eigenvalue weighted by molar-refractivity contribution is 0.768. The Morgan fingerprint density at radius 2 is 0.540 bits per heavy atom. The SMILES string of the molecule is [2H]c1ccc(-c2ccc(N(c3ccc(C4(c5ccccc5)c5ccccc5-c5ccccc54)cc3)c3ccc(C4(c5ccccc5)c5ccccc5-c5ccccc54)cc3)cc2)cc1. The Bertz CT molecular complexity index is 3030. The normalized spacial score (nSPS) is 13.9. The molecule has 0 amide bonds. The maximum absolute atomic E-state index is 8.03. The van der Waals surface area contributed by atoms with Gasteiger partial charge in [-0.25, -0.2) is 0 Å². The number of anilines is 3. The molecule has 2 aliphatic rings. The van der Waals surface area contributed by atoms with Crippen LogP contribution in [0.15, 0.2) is 261 Å². The lowest BCUT2D eigenvalue weighted by atomic mass is 9.67. The zero-order valence-corrected chi connectivity index (χ0v) is 34.7. The van der Waals surface area contributed by atoms with Crippen molar-refractivity contribution in [2.75, 3.05) is 4.90 Å². The summed E-state index contributed by atoms with van der Waals surface area (Å²) in [6.07, 6.45) is 0. The number of hydrogen-bond donors (Lipinski definition) is 0. The van der Waals surface area contributed by atoms with Gasteiger partial charge in [0.15, 0.2) is 0 Å². The summed E-state index contributed by atoms with van der Waals surface area (Å²) in [6.45, 7) is 0. The molecule has 0 bridgehead atoms. The van der Waals surface area contributed by atoms with Crippen molar-refractivity contribution < 1.29 is 1.37 Å². The first-order chi connectivity index (χ1) is 31.7. The fourth-order valence-corrected chi connectivity index (χ4v) is 11.0. The highest BCUT2D eigenvalue weighted by Gasteiger charge is 2.47. The molecule has 0 N–H and O–H groups in total. The second kappa shape index (κ2) is 14.9. The Morgan fingerprint density at radius 1 is 0.254 bits per heavy atom. The molecule has 296 valence electrons. The van der Waals surface area contributed by atoms with Gasteiger partial charge in [-0.05, 0) is 114 Å². The van der Waals surface area contributed by atoms with E-state index in [4.69, 9.17) is 1.37 Å². The van der Waals surface area contributed by atoms with E-state index in [1.807, 2.05) is 24.3 Å². The van der Waals surface area contributed by atoms with E-state index in [-0.39, 0.29) is 0 Å². The highest BCUT2D eigenvalue weighted by molar-refractivity contribution is 5.88. The van der Waals surface area contributed by atoms with Gasteiger partial charge < -0.3 is 4.90 Å². The third-order valence-electron chi connectivity index (χ3n) is 13.6. The van der Waals surface area contributed by atoms with E-state index in [1.54, 1.807) is 0 Å². The summed E-state index contributed by atoms with van der Waals surface area (Å²) >= 11 is 0. The van der Waals surface area contributed by atoms with Crippen LogP contribution in [0.4, 0.5) is 17.1 Å². The average molecular weight is 803 g/mol. The largest absolute Gasteiger partial charge is 0.311 e. The van der Waals surface area contributed by atoms with Gasteiger partial charge in [-0.2, -0.15) is 0 Å². The second-order valence-electron chi connectivity index (χ2n) is 16.7. The Kier molecular flexibility index (Phi) is 8.43. The summed E-state index contributed by atoms with van der Waals surface area (Å²) in [5.74, 6) is 0. The van der Waals surface area contributed by atoms with Crippen LogP contribution in [0.3, 0.4) is 0 Å². The zero-order chi connectivity index (χ0) is 42.7. The minimum absolute atomic E-state index is 0.477. The molecule has 0 aliphatic heterocycles. The number of fused-ring (bicyclic) bond motifs is 6. The van der Waals surface area contributed by atoms with Crippen molar-refractivity contribution >= 4 is 17.1 Å². The van der Waals surface area contributed by atoms with Gasteiger partial charge in [0.1, 0.15) is 0 Å². The number of nitrogens with zero attached hydrogens (tertiary/aromatic N) is 1. The summed E-state index contributed by atoms with van der Waals surface area (Å²) in [7, 11) is 0. The smallest absolute Gasteiger partial charge is 0.0713 e. The molecule has 0 saturated heterocycles. The summed E-state index contributed by atoms with van der Waals surface area (Å²) in [6, 6.07) is 93.3. The molecule has 2 aliphatic carbocycles. The molecule has 10 aromatic carbocycles. The van der Waals surface area contributed by atoms with Gasteiger partial charge in [-0.3, -0.25) is 0 Å². The molecule has 0 spiro atoms. The Morgan fingerprint density at radius 3 is 0.905 bits per heavy atom. The molecule has 0 unspecified atom stereocenters. The van der Waals surface area contributed by atoms with E-state index in [1.165, 1.54) is 66.8 Å². The molecule has 1 heteroatoms. The molecule has 0 saturated carbocycles. The standard InChI is InChI=1S/C62H43N/c1-4-18-44(19-5-1)45-32-38-50(39-33-45)63(51-40-34-48(35-41-51)61(46-20-6-2-7-21-46)57-28-14-10-24-53(57)54-25-11-15-29-58(54)61)52-42-36-49(37-43-52)62(47-22-8-3-9-23-47)59-30-16-12-26-55(59)56-27-13-17-31-60(56)62/h1-43H/i1D. The fraction of sp³-hybridized carbons (Fsp3) is 0.0323. The van der Waals surface area contributed by atoms with Crippen molar-refractivity contribution in [3.05, 3.63) is 305 Å². The summed E-state index contributed by atoms with van der Waals surface area (Å²) in [4.78, 5) is 2.38. The van der Waals surface area contributed by atoms with Crippen LogP contribution >= 0.6 is 0 Å². The van der Waals surface area contributed by atoms with Crippen LogP contribution < -0.4 is 4.90 Å². The first-order valence-corrected chi connectivity index (χ1v) is 21.8. The van der Waals surface area contributed by atoms with Crippen molar-refractivity contribution in [3.63, 3.8) is 0 Å². The fourth-order valence-electron chi connectivity index (χ4n) is 11.0. The summed E-state index contributed by atoms with van der Waals surface area (Å²) in [5.41, 5.74) is 19.8. The molecule has 1 nitrogen and oxygen atoms in total. The highest BCUT2D eigenvalue weighted by atomic mass is 15.1. The van der Waals surface area contributed by atoms with Crippen molar-refractivity contribution in [2.24, 2.45) is 0 Å². The van der Waals surface area contributed by atoms with Crippen molar-refractivity contribution in [2.45, 2.75) is 10.8 Å². The van der Waals surface area contributed by atoms with E-state index >= 15 is 0 Å². The third kappa shape index (κ3) is 5.56. The van der Waals surface area contributed by atoms with E-state index in [9.17, 15) is 0 Å². The molecular weight excluding hydrogens is 759 g/mol. The predicted octanol–water partition coefficient (Wildman–Crippen LogP) is 15.5. The molecule has 0 radical (unpaired) electrons. The second-order valence-corrected chi connectivity index (χ2v) is 16.7. The van der Waals surface area contributed by atoms with Gasteiger partial charge >= 0.3 is 0 Å². The van der Waals surface area contributed by atoms with Gasteiger partial charge in [0.05, 0.1) is 12.2 Å². The molecule has 63 heavy (non-hydrogen) atoms. The van der Waals surface area contributed by atoms with Crippen molar-refractivity contribution in [1.82, 2.24) is 0 Å². The third-order valence-corrected chi connectivity index (χ3v) is 13.6. The lowest BCUT2D eigenvalue weighted by Crippen LogP contribution is -2.28. The van der Waals surface area contributed by atoms with Crippen LogP contribution in [0.1, 0.15) is 45.9 Å². The first kappa shape index (κ1) is 35.7. The average Bonchev–Trinajstić information content (AvgIpc) is 3.84. The number of rotatable bonds is 8. The Balaban J connectivity index is 1.02. The molecule has 12 rings (SSSR count). The molecule has 0 fully saturated rings. The van der Waals surface area contributed by atoms with Crippen LogP contribution in [0.5, 0.6) is 0 Å². The molecular formula is C62H43N. The lowest BCUT2D eigenvalue weighted by Gasteiger charge is -2.35. The molecule has 0 heterocycles. The number of benzene rings is 10. The molecule has 10 aromatic rings. The maximum Gasteiger partial charge on any atom is 0.0713 e. The van der Waals surface area contributed by atoms with Crippen molar-refractivity contribution in [1.29, 1.82) is 0 Å². The van der Waals surface area contributed by atoms with Gasteiger partial charge in [-0.1, -0.05) is 224 Å². The Hall–Kier alpha value is -8.00. The maximum atomic E-state index is 8.03. The van der Waals surface area contributed by atoms with E-state index < -0.39 is 10.8 Å². The topological polar surface area (TPSA) is 3.24 Å². The number of hydrogen-bond acceptors (Lipinski definition) is 1. The first-order valence-electron chi connectivity index (χ1n) is 22.3. The van der Waals surface area contributed by atoms with Crippen LogP contribution in [0, 0.1) is 0 Å². The van der Waals surface area contributed by atoms with Crippen LogP contribution in [0.2, 0.25) is 0 Å². The minimum atomic E-state index is -0.477. The minimum Gasteiger partial charge on any atom is -0.311 e. The van der Waals surface area contributed by atoms with Gasteiger partial charge in [-0.15, -0.1) is 0 Å². The van der Waals surface area contributed by atoms with E-state index in [0.29, 0.717) is 6.04 Å². The van der Waals surface area contributed by atoms with Gasteiger partial charge in [0, 0.05) is 17.1 Å². The molecule has 0 aromatic heterocycles. The van der Waals surface area contributed by atoms with E-state index in [0.717, 1.165) is 28.2 Å². The summed E-state index contributed by atoms with van der Waals surface area (Å²) in [5, 5.41) is 0. The van der Waals surface area contributed by atoms with Crippen molar-refractivity contribution in [3.8, 4) is 33.4 Å². The summed E-state index contributed by atoms with van der Waals surface area (Å²) < 4.78 is 8.03.